The second-order valence-corrected chi connectivity index (χ2v) is 4.35. The van der Waals surface area contributed by atoms with Crippen molar-refractivity contribution < 1.29 is 9.59 Å². The molecule has 2 amide bonds. The maximum atomic E-state index is 11.3. The Labute approximate surface area is 105 Å². The lowest BCUT2D eigenvalue weighted by molar-refractivity contribution is -0.122. The standard InChI is InChI=1S/C12H16N4O2/c13-7-1-3-9(12(14)18)10(5-7)16-8-2-4-11(17)15-6-8/h1,3,5,8,16H,2,4,6,13H2,(H2,14,18)(H,15,17). The van der Waals surface area contributed by atoms with Gasteiger partial charge in [0.05, 0.1) is 5.56 Å². The van der Waals surface area contributed by atoms with Crippen LogP contribution in [0, 0.1) is 0 Å². The van der Waals surface area contributed by atoms with E-state index in [-0.39, 0.29) is 11.9 Å². The topological polar surface area (TPSA) is 110 Å². The zero-order chi connectivity index (χ0) is 13.1. The molecule has 0 saturated carbocycles. The van der Waals surface area contributed by atoms with Crippen LogP contribution in [0.4, 0.5) is 11.4 Å². The van der Waals surface area contributed by atoms with Gasteiger partial charge in [-0.2, -0.15) is 0 Å². The number of anilines is 2. The number of piperidine rings is 1. The molecular formula is C12H16N4O2. The molecule has 1 aliphatic heterocycles. The van der Waals surface area contributed by atoms with Gasteiger partial charge >= 0.3 is 0 Å². The van der Waals surface area contributed by atoms with E-state index in [1.165, 1.54) is 0 Å². The number of carbonyl (C=O) groups is 2. The van der Waals surface area contributed by atoms with Gasteiger partial charge in [0.15, 0.2) is 0 Å². The number of hydrogen-bond acceptors (Lipinski definition) is 4. The van der Waals surface area contributed by atoms with E-state index >= 15 is 0 Å². The van der Waals surface area contributed by atoms with E-state index in [9.17, 15) is 9.59 Å². The van der Waals surface area contributed by atoms with Crippen molar-refractivity contribution in [1.29, 1.82) is 0 Å². The Morgan fingerprint density at radius 3 is 2.83 bits per heavy atom. The average molecular weight is 248 g/mol. The predicted molar refractivity (Wildman–Crippen MR) is 69.0 cm³/mol. The molecule has 6 N–H and O–H groups in total. The number of rotatable bonds is 3. The fourth-order valence-corrected chi connectivity index (χ4v) is 1.97. The molecule has 2 rings (SSSR count). The summed E-state index contributed by atoms with van der Waals surface area (Å²) < 4.78 is 0. The zero-order valence-corrected chi connectivity index (χ0v) is 9.90. The van der Waals surface area contributed by atoms with Crippen LogP contribution in [0.15, 0.2) is 18.2 Å². The van der Waals surface area contributed by atoms with Crippen LogP contribution in [0.2, 0.25) is 0 Å². The van der Waals surface area contributed by atoms with Crippen LogP contribution in [0.1, 0.15) is 23.2 Å². The highest BCUT2D eigenvalue weighted by molar-refractivity contribution is 5.99. The van der Waals surface area contributed by atoms with E-state index in [0.717, 1.165) is 6.42 Å². The molecule has 1 aromatic carbocycles. The Balaban J connectivity index is 2.15. The first-order valence-electron chi connectivity index (χ1n) is 5.79. The number of benzene rings is 1. The van der Waals surface area contributed by atoms with Gasteiger partial charge in [0, 0.05) is 30.4 Å². The van der Waals surface area contributed by atoms with E-state index in [1.54, 1.807) is 18.2 Å². The Hall–Kier alpha value is -2.24. The monoisotopic (exact) mass is 248 g/mol. The maximum Gasteiger partial charge on any atom is 0.250 e. The number of hydrogen-bond donors (Lipinski definition) is 4. The Morgan fingerprint density at radius 2 is 2.22 bits per heavy atom. The highest BCUT2D eigenvalue weighted by Crippen LogP contribution is 2.21. The smallest absolute Gasteiger partial charge is 0.250 e. The summed E-state index contributed by atoms with van der Waals surface area (Å²) in [5.74, 6) is -0.451. The number of nitrogens with two attached hydrogens (primary N) is 2. The zero-order valence-electron chi connectivity index (χ0n) is 9.90. The minimum Gasteiger partial charge on any atom is -0.399 e. The van der Waals surface area contributed by atoms with Crippen molar-refractivity contribution in [2.24, 2.45) is 5.73 Å². The molecule has 0 aliphatic carbocycles. The number of nitrogen functional groups attached to an aromatic ring is 1. The fourth-order valence-electron chi connectivity index (χ4n) is 1.97. The largest absolute Gasteiger partial charge is 0.399 e. The molecule has 6 heteroatoms. The first kappa shape index (κ1) is 12.2. The van der Waals surface area contributed by atoms with Crippen molar-refractivity contribution in [2.75, 3.05) is 17.6 Å². The summed E-state index contributed by atoms with van der Waals surface area (Å²) in [7, 11) is 0. The van der Waals surface area contributed by atoms with Crippen molar-refractivity contribution in [3.05, 3.63) is 23.8 Å². The summed E-state index contributed by atoms with van der Waals surface area (Å²) in [6.45, 7) is 0.534. The molecule has 6 nitrogen and oxygen atoms in total. The van der Waals surface area contributed by atoms with Crippen molar-refractivity contribution >= 4 is 23.2 Å². The van der Waals surface area contributed by atoms with Gasteiger partial charge in [-0.15, -0.1) is 0 Å². The molecular weight excluding hydrogens is 232 g/mol. The van der Waals surface area contributed by atoms with Gasteiger partial charge in [-0.05, 0) is 24.6 Å². The summed E-state index contributed by atoms with van der Waals surface area (Å²) >= 11 is 0. The van der Waals surface area contributed by atoms with E-state index in [0.29, 0.717) is 29.9 Å². The third kappa shape index (κ3) is 2.71. The average Bonchev–Trinajstić information content (AvgIpc) is 2.32. The van der Waals surface area contributed by atoms with Gasteiger partial charge in [-0.25, -0.2) is 0 Å². The molecule has 1 saturated heterocycles. The van der Waals surface area contributed by atoms with Crippen molar-refractivity contribution in [3.63, 3.8) is 0 Å². The van der Waals surface area contributed by atoms with Gasteiger partial charge in [0.25, 0.3) is 5.91 Å². The summed E-state index contributed by atoms with van der Waals surface area (Å²) in [6, 6.07) is 4.99. The van der Waals surface area contributed by atoms with Gasteiger partial charge < -0.3 is 22.1 Å². The molecule has 1 atom stereocenters. The molecule has 1 heterocycles. The van der Waals surface area contributed by atoms with Crippen LogP contribution >= 0.6 is 0 Å². The normalized spacial score (nSPS) is 19.1. The van der Waals surface area contributed by atoms with Crippen molar-refractivity contribution in [3.8, 4) is 0 Å². The van der Waals surface area contributed by atoms with Crippen LogP contribution in [-0.2, 0) is 4.79 Å². The lowest BCUT2D eigenvalue weighted by Crippen LogP contribution is -2.42. The molecule has 1 aromatic rings. The van der Waals surface area contributed by atoms with Crippen molar-refractivity contribution in [1.82, 2.24) is 5.32 Å². The summed E-state index contributed by atoms with van der Waals surface area (Å²) in [5, 5.41) is 5.96. The highest BCUT2D eigenvalue weighted by atomic mass is 16.2. The SMILES string of the molecule is NC(=O)c1ccc(N)cc1NC1CCC(=O)NC1. The van der Waals surface area contributed by atoms with Crippen LogP contribution in [0.3, 0.4) is 0 Å². The minimum atomic E-state index is -0.502. The lowest BCUT2D eigenvalue weighted by Gasteiger charge is -2.25. The molecule has 0 spiro atoms. The third-order valence-corrected chi connectivity index (χ3v) is 2.93. The lowest BCUT2D eigenvalue weighted by atomic mass is 10.1. The van der Waals surface area contributed by atoms with E-state index in [2.05, 4.69) is 10.6 Å². The molecule has 0 aromatic heterocycles. The Morgan fingerprint density at radius 1 is 1.44 bits per heavy atom. The third-order valence-electron chi connectivity index (χ3n) is 2.93. The van der Waals surface area contributed by atoms with Gasteiger partial charge in [-0.3, -0.25) is 9.59 Å². The van der Waals surface area contributed by atoms with Gasteiger partial charge in [-0.1, -0.05) is 0 Å². The van der Waals surface area contributed by atoms with E-state index in [1.807, 2.05) is 0 Å². The van der Waals surface area contributed by atoms with Gasteiger partial charge in [0.1, 0.15) is 0 Å². The summed E-state index contributed by atoms with van der Waals surface area (Å²) in [5.41, 5.74) is 12.6. The van der Waals surface area contributed by atoms with Crippen LogP contribution in [0.5, 0.6) is 0 Å². The molecule has 0 radical (unpaired) electrons. The Kier molecular flexibility index (Phi) is 3.36. The second-order valence-electron chi connectivity index (χ2n) is 4.35. The molecule has 18 heavy (non-hydrogen) atoms. The first-order valence-corrected chi connectivity index (χ1v) is 5.79. The highest BCUT2D eigenvalue weighted by Gasteiger charge is 2.19. The van der Waals surface area contributed by atoms with Crippen LogP contribution in [-0.4, -0.2) is 24.4 Å². The predicted octanol–water partition coefficient (Wildman–Crippen LogP) is 0.0582. The number of primary amides is 1. The molecule has 1 aliphatic rings. The molecule has 1 fully saturated rings. The van der Waals surface area contributed by atoms with Gasteiger partial charge in [0.2, 0.25) is 5.91 Å². The van der Waals surface area contributed by atoms with Crippen LogP contribution in [0.25, 0.3) is 0 Å². The molecule has 96 valence electrons. The Bertz CT molecular complexity index is 477. The summed E-state index contributed by atoms with van der Waals surface area (Å²) in [6.07, 6.45) is 1.20. The van der Waals surface area contributed by atoms with Crippen LogP contribution < -0.4 is 22.1 Å². The second kappa shape index (κ2) is 4.95. The first-order chi connectivity index (χ1) is 8.56. The minimum absolute atomic E-state index is 0.0516. The number of carbonyl (C=O) groups excluding carboxylic acids is 2. The number of amides is 2. The molecule has 0 bridgehead atoms. The van der Waals surface area contributed by atoms with Crippen molar-refractivity contribution in [2.45, 2.75) is 18.9 Å². The molecule has 1 unspecified atom stereocenters. The van der Waals surface area contributed by atoms with E-state index in [4.69, 9.17) is 11.5 Å². The fraction of sp³-hybridized carbons (Fsp3) is 0.333. The summed E-state index contributed by atoms with van der Waals surface area (Å²) in [4.78, 5) is 22.4. The quantitative estimate of drug-likeness (QED) is 0.567. The maximum absolute atomic E-state index is 11.3. The van der Waals surface area contributed by atoms with E-state index < -0.39 is 5.91 Å². The number of nitrogens with one attached hydrogen (secondary N) is 2.